The summed E-state index contributed by atoms with van der Waals surface area (Å²) in [5.74, 6) is 0. The predicted octanol–water partition coefficient (Wildman–Crippen LogP) is 1.52. The van der Waals surface area contributed by atoms with E-state index < -0.39 is 0 Å². The van der Waals surface area contributed by atoms with E-state index in [-0.39, 0.29) is 9.52 Å². The monoisotopic (exact) mass is 114 g/mol. The van der Waals surface area contributed by atoms with Gasteiger partial charge in [0.05, 0.1) is 0 Å². The molecule has 0 bridgehead atoms. The summed E-state index contributed by atoms with van der Waals surface area (Å²) in [6.45, 7) is 4.35. The van der Waals surface area contributed by atoms with Gasteiger partial charge in [0, 0.05) is 9.52 Å². The average Bonchev–Trinajstić information content (AvgIpc) is 1.69. The van der Waals surface area contributed by atoms with Crippen molar-refractivity contribution in [2.24, 2.45) is 0 Å². The van der Waals surface area contributed by atoms with Crippen molar-refractivity contribution in [2.75, 3.05) is 0 Å². The highest BCUT2D eigenvalue weighted by Crippen LogP contribution is 1.84. The number of hydrogen-bond acceptors (Lipinski definition) is 0. The van der Waals surface area contributed by atoms with Crippen LogP contribution in [0.4, 0.5) is 0 Å². The molecule has 1 heteroatoms. The highest BCUT2D eigenvalue weighted by Gasteiger charge is 1.74. The fourth-order valence-corrected chi connectivity index (χ4v) is 1.47. The van der Waals surface area contributed by atoms with E-state index in [1.165, 1.54) is 12.5 Å². The van der Waals surface area contributed by atoms with Gasteiger partial charge < -0.3 is 0 Å². The first-order valence-corrected chi connectivity index (χ1v) is 4.84. The van der Waals surface area contributed by atoms with E-state index in [9.17, 15) is 0 Å². The summed E-state index contributed by atoms with van der Waals surface area (Å²) >= 11 is 0. The van der Waals surface area contributed by atoms with Gasteiger partial charge in [-0.3, -0.25) is 0 Å². The third-order valence-electron chi connectivity index (χ3n) is 0.960. The maximum Gasteiger partial charge on any atom is 0.0449 e. The van der Waals surface area contributed by atoms with E-state index in [1.54, 1.807) is 0 Å². The van der Waals surface area contributed by atoms with Gasteiger partial charge in [-0.25, -0.2) is 0 Å². The Kier molecular flexibility index (Phi) is 5.92. The van der Waals surface area contributed by atoms with Gasteiger partial charge in [0.25, 0.3) is 0 Å². The zero-order chi connectivity index (χ0) is 5.54. The molecule has 0 saturated heterocycles. The summed E-state index contributed by atoms with van der Waals surface area (Å²) in [6.07, 6.45) is 3.54. The van der Waals surface area contributed by atoms with Crippen LogP contribution in [-0.2, 0) is 0 Å². The minimum absolute atomic E-state index is 0.231. The Labute approximate surface area is 48.4 Å². The van der Waals surface area contributed by atoms with Gasteiger partial charge in [0.15, 0.2) is 0 Å². The molecule has 0 amide bonds. The van der Waals surface area contributed by atoms with E-state index in [0.717, 1.165) is 0 Å². The lowest BCUT2D eigenvalue weighted by molar-refractivity contribution is 1.08. The first-order chi connectivity index (χ1) is 3.41. The summed E-state index contributed by atoms with van der Waals surface area (Å²) in [6, 6.07) is 1.48. The maximum absolute atomic E-state index is 2.35. The molecule has 0 atom stereocenters. The van der Waals surface area contributed by atoms with E-state index in [2.05, 4.69) is 25.6 Å². The third-order valence-corrected chi connectivity index (χ3v) is 2.88. The summed E-state index contributed by atoms with van der Waals surface area (Å²) < 4.78 is 0. The largest absolute Gasteiger partial charge is 0.106 e. The lowest BCUT2D eigenvalue weighted by Gasteiger charge is -1.82. The van der Waals surface area contributed by atoms with Crippen LogP contribution >= 0.6 is 0 Å². The van der Waals surface area contributed by atoms with E-state index in [1.807, 2.05) is 0 Å². The van der Waals surface area contributed by atoms with Crippen LogP contribution in [0.3, 0.4) is 0 Å². The van der Waals surface area contributed by atoms with E-state index in [4.69, 9.17) is 0 Å². The van der Waals surface area contributed by atoms with Crippen LogP contribution in [0, 0.1) is 0 Å². The van der Waals surface area contributed by atoms with Crippen molar-refractivity contribution in [3.63, 3.8) is 0 Å². The smallest absolute Gasteiger partial charge is 0.0449 e. The van der Waals surface area contributed by atoms with Crippen LogP contribution in [0.5, 0.6) is 0 Å². The summed E-state index contributed by atoms with van der Waals surface area (Å²) in [7, 11) is 0.231. The van der Waals surface area contributed by atoms with Gasteiger partial charge in [-0.05, 0) is 6.92 Å². The minimum Gasteiger partial charge on any atom is -0.106 e. The summed E-state index contributed by atoms with van der Waals surface area (Å²) in [4.78, 5) is 0. The Morgan fingerprint density at radius 2 is 2.29 bits per heavy atom. The molecule has 0 nitrogen and oxygen atoms in total. The third kappa shape index (κ3) is 5.96. The minimum atomic E-state index is 0.231. The highest BCUT2D eigenvalue weighted by molar-refractivity contribution is 6.41. The van der Waals surface area contributed by atoms with Crippen molar-refractivity contribution in [3.8, 4) is 0 Å². The molecule has 0 fully saturated rings. The van der Waals surface area contributed by atoms with E-state index in [0.29, 0.717) is 0 Å². The number of rotatable bonds is 3. The molecular weight excluding hydrogens is 100 g/mol. The second-order valence-electron chi connectivity index (χ2n) is 1.71. The topological polar surface area (TPSA) is 0 Å². The van der Waals surface area contributed by atoms with Gasteiger partial charge in [-0.2, -0.15) is 0 Å². The second kappa shape index (κ2) is 5.96. The standard InChI is InChI=1S/C6H14Si/c1-3-5-7-6-4-2/h3,5H,4,6-7H2,1-2H3/b5-3-. The predicted molar refractivity (Wildman–Crippen MR) is 38.5 cm³/mol. The Balaban J connectivity index is 2.69. The van der Waals surface area contributed by atoms with Crippen LogP contribution in [0.2, 0.25) is 6.04 Å². The van der Waals surface area contributed by atoms with Crippen LogP contribution in [0.15, 0.2) is 11.8 Å². The maximum atomic E-state index is 2.35. The molecule has 0 aromatic carbocycles. The lowest BCUT2D eigenvalue weighted by Crippen LogP contribution is -1.78. The van der Waals surface area contributed by atoms with Gasteiger partial charge in [-0.1, -0.05) is 25.5 Å². The van der Waals surface area contributed by atoms with Crippen molar-refractivity contribution in [1.82, 2.24) is 0 Å². The Bertz CT molecular complexity index is 48.1. The molecule has 0 rings (SSSR count). The first kappa shape index (κ1) is 6.96. The number of hydrogen-bond donors (Lipinski definition) is 0. The molecular formula is C6H14Si. The van der Waals surface area contributed by atoms with Gasteiger partial charge >= 0.3 is 0 Å². The first-order valence-electron chi connectivity index (χ1n) is 3.03. The quantitative estimate of drug-likeness (QED) is 0.385. The second-order valence-corrected chi connectivity index (χ2v) is 3.47. The normalized spacial score (nSPS) is 12.3. The highest BCUT2D eigenvalue weighted by atomic mass is 28.2. The zero-order valence-corrected chi connectivity index (χ0v) is 6.69. The zero-order valence-electron chi connectivity index (χ0n) is 5.28. The van der Waals surface area contributed by atoms with Gasteiger partial charge in [0.2, 0.25) is 0 Å². The summed E-state index contributed by atoms with van der Waals surface area (Å²) in [5.41, 5.74) is 2.35. The molecule has 0 unspecified atom stereocenters. The van der Waals surface area contributed by atoms with Crippen LogP contribution in [0.1, 0.15) is 20.3 Å². The Hall–Kier alpha value is -0.0431. The number of allylic oxidation sites excluding steroid dienone is 1. The van der Waals surface area contributed by atoms with Crippen LogP contribution in [-0.4, -0.2) is 9.52 Å². The molecule has 42 valence electrons. The Morgan fingerprint density at radius 1 is 1.57 bits per heavy atom. The molecule has 0 heterocycles. The van der Waals surface area contributed by atoms with Crippen molar-refractivity contribution in [2.45, 2.75) is 26.3 Å². The molecule has 0 aliphatic heterocycles. The molecule has 0 saturated carbocycles. The average molecular weight is 114 g/mol. The van der Waals surface area contributed by atoms with Crippen molar-refractivity contribution < 1.29 is 0 Å². The lowest BCUT2D eigenvalue weighted by atomic mass is 10.6. The molecule has 0 aromatic heterocycles. The molecule has 0 aliphatic rings. The molecule has 0 aliphatic carbocycles. The SMILES string of the molecule is C/C=C\[SiH2]CCC. The van der Waals surface area contributed by atoms with Crippen LogP contribution < -0.4 is 0 Å². The van der Waals surface area contributed by atoms with E-state index >= 15 is 0 Å². The fraction of sp³-hybridized carbons (Fsp3) is 0.667. The fourth-order valence-electron chi connectivity index (χ4n) is 0.489. The van der Waals surface area contributed by atoms with Crippen molar-refractivity contribution in [1.29, 1.82) is 0 Å². The molecule has 0 radical (unpaired) electrons. The summed E-state index contributed by atoms with van der Waals surface area (Å²) in [5, 5.41) is 0. The van der Waals surface area contributed by atoms with Gasteiger partial charge in [-0.15, -0.1) is 5.70 Å². The van der Waals surface area contributed by atoms with Crippen molar-refractivity contribution in [3.05, 3.63) is 11.8 Å². The molecule has 0 aromatic rings. The van der Waals surface area contributed by atoms with Crippen LogP contribution in [0.25, 0.3) is 0 Å². The van der Waals surface area contributed by atoms with Crippen molar-refractivity contribution >= 4 is 9.52 Å². The molecule has 7 heavy (non-hydrogen) atoms. The molecule has 0 N–H and O–H groups in total. The van der Waals surface area contributed by atoms with Gasteiger partial charge in [0.1, 0.15) is 0 Å². The Morgan fingerprint density at radius 3 is 2.71 bits per heavy atom. The molecule has 0 spiro atoms.